The number of ether oxygens (including phenoxy) is 1. The van der Waals surface area contributed by atoms with Gasteiger partial charge in [-0.25, -0.2) is 9.97 Å². The summed E-state index contributed by atoms with van der Waals surface area (Å²) < 4.78 is 6.45. The predicted molar refractivity (Wildman–Crippen MR) is 83.8 cm³/mol. The Morgan fingerprint density at radius 3 is 3.00 bits per heavy atom. The van der Waals surface area contributed by atoms with E-state index in [9.17, 15) is 0 Å². The van der Waals surface area contributed by atoms with Gasteiger partial charge in [0.25, 0.3) is 0 Å². The Morgan fingerprint density at radius 1 is 1.37 bits per heavy atom. The van der Waals surface area contributed by atoms with Crippen LogP contribution >= 0.6 is 34.2 Å². The monoisotopic (exact) mass is 386 g/mol. The zero-order valence-electron chi connectivity index (χ0n) is 10.4. The predicted octanol–water partition coefficient (Wildman–Crippen LogP) is 3.90. The van der Waals surface area contributed by atoms with E-state index < -0.39 is 0 Å². The van der Waals surface area contributed by atoms with Gasteiger partial charge >= 0.3 is 0 Å². The van der Waals surface area contributed by atoms with Crippen LogP contribution in [0.25, 0.3) is 11.4 Å². The second-order valence-corrected chi connectivity index (χ2v) is 5.81. The van der Waals surface area contributed by atoms with Crippen LogP contribution < -0.4 is 4.74 Å². The van der Waals surface area contributed by atoms with Crippen LogP contribution in [0.4, 0.5) is 0 Å². The van der Waals surface area contributed by atoms with E-state index in [4.69, 9.17) is 16.3 Å². The van der Waals surface area contributed by atoms with Gasteiger partial charge in [0.1, 0.15) is 10.9 Å². The molecule has 0 aliphatic carbocycles. The molecule has 0 unspecified atom stereocenters. The maximum atomic E-state index is 6.18. The molecule has 0 bridgehead atoms. The molecule has 0 atom stereocenters. The highest BCUT2D eigenvalue weighted by molar-refractivity contribution is 14.1. The first-order valence-electron chi connectivity index (χ1n) is 6.17. The summed E-state index contributed by atoms with van der Waals surface area (Å²) in [5.41, 5.74) is 3.21. The largest absolute Gasteiger partial charge is 0.493 e. The molecule has 3 rings (SSSR count). The lowest BCUT2D eigenvalue weighted by molar-refractivity contribution is 0.357. The fourth-order valence-corrected chi connectivity index (χ4v) is 2.96. The lowest BCUT2D eigenvalue weighted by Gasteiger charge is -2.07. The molecule has 2 heterocycles. The smallest absolute Gasteiger partial charge is 0.161 e. The molecular weight excluding hydrogens is 375 g/mol. The first-order valence-corrected chi connectivity index (χ1v) is 7.62. The minimum Gasteiger partial charge on any atom is -0.493 e. The van der Waals surface area contributed by atoms with Crippen LogP contribution in [-0.4, -0.2) is 16.6 Å². The maximum Gasteiger partial charge on any atom is 0.161 e. The molecule has 5 heteroatoms. The van der Waals surface area contributed by atoms with Gasteiger partial charge in [-0.1, -0.05) is 18.5 Å². The van der Waals surface area contributed by atoms with Crippen LogP contribution in [0, 0.1) is 3.57 Å². The van der Waals surface area contributed by atoms with Gasteiger partial charge in [0, 0.05) is 12.0 Å². The van der Waals surface area contributed by atoms with Crippen molar-refractivity contribution in [2.24, 2.45) is 0 Å². The Kier molecular flexibility index (Phi) is 3.62. The van der Waals surface area contributed by atoms with Gasteiger partial charge in [0.2, 0.25) is 0 Å². The van der Waals surface area contributed by atoms with E-state index in [0.717, 1.165) is 40.0 Å². The number of aryl methyl sites for hydroxylation is 1. The Bertz CT molecular complexity index is 646. The van der Waals surface area contributed by atoms with Crippen molar-refractivity contribution in [2.75, 3.05) is 6.61 Å². The van der Waals surface area contributed by atoms with Crippen LogP contribution in [0.3, 0.4) is 0 Å². The van der Waals surface area contributed by atoms with Gasteiger partial charge in [0.05, 0.1) is 15.9 Å². The molecule has 1 aliphatic heterocycles. The van der Waals surface area contributed by atoms with E-state index in [1.807, 2.05) is 12.1 Å². The van der Waals surface area contributed by atoms with Crippen molar-refractivity contribution < 1.29 is 4.74 Å². The maximum absolute atomic E-state index is 6.18. The fraction of sp³-hybridized carbons (Fsp3) is 0.286. The molecule has 2 aromatic rings. The van der Waals surface area contributed by atoms with Crippen molar-refractivity contribution in [1.82, 2.24) is 9.97 Å². The number of hydrogen-bond acceptors (Lipinski definition) is 3. The van der Waals surface area contributed by atoms with Crippen molar-refractivity contribution >= 4 is 34.2 Å². The fourth-order valence-electron chi connectivity index (χ4n) is 2.15. The zero-order valence-corrected chi connectivity index (χ0v) is 13.3. The molecule has 0 amide bonds. The summed E-state index contributed by atoms with van der Waals surface area (Å²) in [6.07, 6.45) is 1.80. The van der Waals surface area contributed by atoms with E-state index in [0.29, 0.717) is 11.0 Å². The Morgan fingerprint density at radius 2 is 2.21 bits per heavy atom. The second-order valence-electron chi connectivity index (χ2n) is 4.37. The van der Waals surface area contributed by atoms with Gasteiger partial charge in [-0.2, -0.15) is 0 Å². The van der Waals surface area contributed by atoms with Crippen LogP contribution in [0.2, 0.25) is 5.15 Å². The molecule has 19 heavy (non-hydrogen) atoms. The van der Waals surface area contributed by atoms with Crippen LogP contribution in [-0.2, 0) is 12.8 Å². The highest BCUT2D eigenvalue weighted by atomic mass is 127. The van der Waals surface area contributed by atoms with Crippen molar-refractivity contribution in [3.05, 3.63) is 38.2 Å². The van der Waals surface area contributed by atoms with Crippen molar-refractivity contribution in [1.29, 1.82) is 0 Å². The average molecular weight is 387 g/mol. The zero-order chi connectivity index (χ0) is 13.4. The Balaban J connectivity index is 2.09. The molecule has 0 saturated carbocycles. The number of rotatable bonds is 2. The Hall–Kier alpha value is -0.880. The lowest BCUT2D eigenvalue weighted by Crippen LogP contribution is -1.99. The van der Waals surface area contributed by atoms with Crippen LogP contribution in [0.15, 0.2) is 18.2 Å². The molecular formula is C14H12ClIN2O. The first kappa shape index (κ1) is 13.1. The van der Waals surface area contributed by atoms with Gasteiger partial charge < -0.3 is 4.74 Å². The summed E-state index contributed by atoms with van der Waals surface area (Å²) in [7, 11) is 0. The van der Waals surface area contributed by atoms with Gasteiger partial charge in [-0.05, 0) is 52.8 Å². The topological polar surface area (TPSA) is 35.0 Å². The van der Waals surface area contributed by atoms with Gasteiger partial charge in [-0.15, -0.1) is 0 Å². The third-order valence-electron chi connectivity index (χ3n) is 3.16. The number of aromatic nitrogens is 2. The highest BCUT2D eigenvalue weighted by Crippen LogP contribution is 2.30. The molecule has 98 valence electrons. The molecule has 0 radical (unpaired) electrons. The number of nitrogens with zero attached hydrogens (tertiary/aromatic N) is 2. The van der Waals surface area contributed by atoms with E-state index in [1.54, 1.807) is 0 Å². The number of halogens is 2. The van der Waals surface area contributed by atoms with Gasteiger partial charge in [-0.3, -0.25) is 0 Å². The summed E-state index contributed by atoms with van der Waals surface area (Å²) in [6.45, 7) is 2.83. The molecule has 0 N–H and O–H groups in total. The average Bonchev–Trinajstić information content (AvgIpc) is 2.89. The molecule has 1 aromatic carbocycles. The summed E-state index contributed by atoms with van der Waals surface area (Å²) in [5.74, 6) is 1.66. The second kappa shape index (κ2) is 5.25. The molecule has 0 fully saturated rings. The molecule has 0 saturated heterocycles. The first-order chi connectivity index (χ1) is 9.19. The number of hydrogen-bond donors (Lipinski definition) is 0. The molecule has 1 aliphatic rings. The quantitative estimate of drug-likeness (QED) is 0.580. The summed E-state index contributed by atoms with van der Waals surface area (Å²) in [4.78, 5) is 8.99. The van der Waals surface area contributed by atoms with Crippen LogP contribution in [0.1, 0.15) is 18.2 Å². The Labute approximate surface area is 130 Å². The molecule has 3 nitrogen and oxygen atoms in total. The molecule has 1 aromatic heterocycles. The van der Waals surface area contributed by atoms with Gasteiger partial charge in [0.15, 0.2) is 5.82 Å². The minimum atomic E-state index is 0.527. The minimum absolute atomic E-state index is 0.527. The van der Waals surface area contributed by atoms with E-state index in [2.05, 4.69) is 45.5 Å². The van der Waals surface area contributed by atoms with E-state index in [1.165, 1.54) is 5.56 Å². The summed E-state index contributed by atoms with van der Waals surface area (Å²) in [5, 5.41) is 0.527. The SMILES string of the molecule is CCc1nc(-c2ccc3c(c2)CCO3)nc(Cl)c1I. The standard InChI is InChI=1S/C14H12ClIN2O/c1-2-10-12(16)13(15)18-14(17-10)9-3-4-11-8(7-9)5-6-19-11/h3-4,7H,2,5-6H2,1H3. The summed E-state index contributed by atoms with van der Waals surface area (Å²) >= 11 is 8.38. The normalized spacial score (nSPS) is 13.2. The van der Waals surface area contributed by atoms with Crippen molar-refractivity contribution in [2.45, 2.75) is 19.8 Å². The summed E-state index contributed by atoms with van der Waals surface area (Å²) in [6, 6.07) is 6.07. The van der Waals surface area contributed by atoms with E-state index in [-0.39, 0.29) is 0 Å². The van der Waals surface area contributed by atoms with Crippen molar-refractivity contribution in [3.8, 4) is 17.1 Å². The third kappa shape index (κ3) is 2.43. The number of benzene rings is 1. The number of fused-ring (bicyclic) bond motifs is 1. The van der Waals surface area contributed by atoms with Crippen molar-refractivity contribution in [3.63, 3.8) is 0 Å². The highest BCUT2D eigenvalue weighted by Gasteiger charge is 2.15. The lowest BCUT2D eigenvalue weighted by atomic mass is 10.1. The van der Waals surface area contributed by atoms with Crippen LogP contribution in [0.5, 0.6) is 5.75 Å². The molecule has 0 spiro atoms. The third-order valence-corrected chi connectivity index (χ3v) is 4.89. The van der Waals surface area contributed by atoms with E-state index >= 15 is 0 Å².